The van der Waals surface area contributed by atoms with Gasteiger partial charge in [0, 0.05) is 11.8 Å². The molecule has 0 unspecified atom stereocenters. The van der Waals surface area contributed by atoms with Gasteiger partial charge in [0.1, 0.15) is 0 Å². The van der Waals surface area contributed by atoms with Gasteiger partial charge in [-0.15, -0.1) is 0 Å². The Hall–Kier alpha value is -1.44. The Bertz CT molecular complexity index is 241. The molecule has 2 nitrogen and oxygen atoms in total. The highest BCUT2D eigenvalue weighted by Crippen LogP contribution is 2.03. The van der Waals surface area contributed by atoms with Crippen molar-refractivity contribution in [3.05, 3.63) is 36.7 Å². The van der Waals surface area contributed by atoms with E-state index in [4.69, 9.17) is 0 Å². The number of aromatic nitrogens is 1. The number of nitrogens with zero attached hydrogens (tertiary/aromatic N) is 1. The Balaban J connectivity index is 2.95. The van der Waals surface area contributed by atoms with Gasteiger partial charge in [-0.05, 0) is 12.1 Å². The summed E-state index contributed by atoms with van der Waals surface area (Å²) in [5.41, 5.74) is 1.05. The number of allylic oxidation sites excluding steroid dienone is 1. The lowest BCUT2D eigenvalue weighted by molar-refractivity contribution is -0.103. The molecule has 0 saturated carbocycles. The van der Waals surface area contributed by atoms with Gasteiger partial charge in [-0.25, -0.2) is 0 Å². The van der Waals surface area contributed by atoms with E-state index in [1.54, 1.807) is 18.3 Å². The van der Waals surface area contributed by atoms with Crippen molar-refractivity contribution in [3.63, 3.8) is 0 Å². The molecule has 0 aliphatic rings. The molecular weight excluding hydrogens is 126 g/mol. The third-order valence-corrected chi connectivity index (χ3v) is 1.14. The molecule has 0 aliphatic heterocycles. The minimum atomic E-state index is 0.417. The summed E-state index contributed by atoms with van der Waals surface area (Å²) in [4.78, 5) is 14.1. The zero-order valence-corrected chi connectivity index (χ0v) is 5.45. The summed E-state index contributed by atoms with van der Waals surface area (Å²) in [6.07, 6.45) is 2.33. The lowest BCUT2D eigenvalue weighted by Gasteiger charge is -1.92. The van der Waals surface area contributed by atoms with Gasteiger partial charge in [0.15, 0.2) is 6.29 Å². The molecule has 0 radical (unpaired) electrons. The van der Waals surface area contributed by atoms with Gasteiger partial charge in [-0.3, -0.25) is 9.78 Å². The second kappa shape index (κ2) is 2.92. The van der Waals surface area contributed by atoms with E-state index in [0.29, 0.717) is 17.6 Å². The standard InChI is InChI=1S/C8H7NO/c1-7(6-10)8-4-2-3-5-9-8/h2-6H,1H2. The van der Waals surface area contributed by atoms with Crippen molar-refractivity contribution in [1.82, 2.24) is 4.98 Å². The Morgan fingerprint density at radius 3 is 2.90 bits per heavy atom. The average Bonchev–Trinajstić information content (AvgIpc) is 2.05. The molecular formula is C8H7NO. The molecule has 1 heterocycles. The van der Waals surface area contributed by atoms with Crippen molar-refractivity contribution in [2.24, 2.45) is 0 Å². The van der Waals surface area contributed by atoms with Crippen molar-refractivity contribution in [2.75, 3.05) is 0 Å². The maximum absolute atomic E-state index is 10.2. The minimum absolute atomic E-state index is 0.417. The highest BCUT2D eigenvalue weighted by molar-refractivity contribution is 6.04. The molecule has 0 atom stereocenters. The van der Waals surface area contributed by atoms with Crippen molar-refractivity contribution in [1.29, 1.82) is 0 Å². The van der Waals surface area contributed by atoms with E-state index >= 15 is 0 Å². The summed E-state index contributed by atoms with van der Waals surface area (Å²) in [6, 6.07) is 5.36. The molecule has 1 rings (SSSR count). The van der Waals surface area contributed by atoms with Crippen LogP contribution in [0.15, 0.2) is 31.0 Å². The predicted molar refractivity (Wildman–Crippen MR) is 39.3 cm³/mol. The highest BCUT2D eigenvalue weighted by Gasteiger charge is 1.93. The van der Waals surface area contributed by atoms with E-state index in [1.807, 2.05) is 6.07 Å². The first-order valence-electron chi connectivity index (χ1n) is 2.90. The third-order valence-electron chi connectivity index (χ3n) is 1.14. The predicted octanol–water partition coefficient (Wildman–Crippen LogP) is 1.29. The van der Waals surface area contributed by atoms with E-state index in [-0.39, 0.29) is 0 Å². The number of rotatable bonds is 2. The molecule has 0 spiro atoms. The van der Waals surface area contributed by atoms with Crippen molar-refractivity contribution >= 4 is 11.9 Å². The van der Waals surface area contributed by atoms with Gasteiger partial charge >= 0.3 is 0 Å². The Morgan fingerprint density at radius 1 is 1.60 bits per heavy atom. The second-order valence-electron chi connectivity index (χ2n) is 1.86. The number of carbonyl (C=O) groups excluding carboxylic acids is 1. The second-order valence-corrected chi connectivity index (χ2v) is 1.86. The van der Waals surface area contributed by atoms with Crippen LogP contribution in [0.1, 0.15) is 5.69 Å². The Kier molecular flexibility index (Phi) is 1.95. The zero-order valence-electron chi connectivity index (χ0n) is 5.45. The summed E-state index contributed by atoms with van der Waals surface area (Å²) in [7, 11) is 0. The van der Waals surface area contributed by atoms with Crippen LogP contribution in [0.4, 0.5) is 0 Å². The summed E-state index contributed by atoms with van der Waals surface area (Å²) < 4.78 is 0. The third kappa shape index (κ3) is 1.29. The summed E-state index contributed by atoms with van der Waals surface area (Å²) in [5, 5.41) is 0. The molecule has 0 N–H and O–H groups in total. The fourth-order valence-electron chi connectivity index (χ4n) is 0.613. The Morgan fingerprint density at radius 2 is 2.40 bits per heavy atom. The molecule has 10 heavy (non-hydrogen) atoms. The largest absolute Gasteiger partial charge is 0.298 e. The van der Waals surface area contributed by atoms with Crippen molar-refractivity contribution < 1.29 is 4.79 Å². The topological polar surface area (TPSA) is 30.0 Å². The summed E-state index contributed by atoms with van der Waals surface area (Å²) >= 11 is 0. The lowest BCUT2D eigenvalue weighted by Crippen LogP contribution is -1.85. The van der Waals surface area contributed by atoms with Gasteiger partial charge in [0.25, 0.3) is 0 Å². The molecule has 0 fully saturated rings. The SMILES string of the molecule is C=C(C=O)c1ccccn1. The Labute approximate surface area is 59.2 Å². The average molecular weight is 133 g/mol. The molecule has 1 aromatic heterocycles. The van der Waals surface area contributed by atoms with Gasteiger partial charge < -0.3 is 0 Å². The number of aldehydes is 1. The van der Waals surface area contributed by atoms with E-state index in [1.165, 1.54) is 0 Å². The van der Waals surface area contributed by atoms with Crippen LogP contribution < -0.4 is 0 Å². The van der Waals surface area contributed by atoms with Gasteiger partial charge in [-0.1, -0.05) is 12.6 Å². The molecule has 0 aliphatic carbocycles. The molecule has 50 valence electrons. The molecule has 2 heteroatoms. The van der Waals surface area contributed by atoms with Crippen molar-refractivity contribution in [3.8, 4) is 0 Å². The molecule has 0 bridgehead atoms. The minimum Gasteiger partial charge on any atom is -0.298 e. The van der Waals surface area contributed by atoms with E-state index in [0.717, 1.165) is 0 Å². The maximum Gasteiger partial charge on any atom is 0.151 e. The monoisotopic (exact) mass is 133 g/mol. The van der Waals surface area contributed by atoms with Crippen LogP contribution in [0.25, 0.3) is 5.57 Å². The first-order valence-corrected chi connectivity index (χ1v) is 2.90. The summed E-state index contributed by atoms with van der Waals surface area (Å²) in [5.74, 6) is 0. The van der Waals surface area contributed by atoms with Crippen LogP contribution in [0.5, 0.6) is 0 Å². The van der Waals surface area contributed by atoms with Gasteiger partial charge in [0.05, 0.1) is 5.69 Å². The van der Waals surface area contributed by atoms with E-state index < -0.39 is 0 Å². The molecule has 0 aromatic carbocycles. The van der Waals surface area contributed by atoms with Gasteiger partial charge in [0.2, 0.25) is 0 Å². The van der Waals surface area contributed by atoms with Crippen LogP contribution in [0.3, 0.4) is 0 Å². The quantitative estimate of drug-likeness (QED) is 0.449. The maximum atomic E-state index is 10.2. The number of pyridine rings is 1. The van der Waals surface area contributed by atoms with Gasteiger partial charge in [-0.2, -0.15) is 0 Å². The highest BCUT2D eigenvalue weighted by atomic mass is 16.1. The van der Waals surface area contributed by atoms with Crippen LogP contribution in [-0.2, 0) is 4.79 Å². The number of hydrogen-bond donors (Lipinski definition) is 0. The van der Waals surface area contributed by atoms with Crippen molar-refractivity contribution in [2.45, 2.75) is 0 Å². The molecule has 0 saturated heterocycles. The fraction of sp³-hybridized carbons (Fsp3) is 0. The van der Waals surface area contributed by atoms with Crippen LogP contribution in [0.2, 0.25) is 0 Å². The summed E-state index contributed by atoms with van der Waals surface area (Å²) in [6.45, 7) is 3.51. The van der Waals surface area contributed by atoms with E-state index in [2.05, 4.69) is 11.6 Å². The first kappa shape index (κ1) is 6.68. The smallest absolute Gasteiger partial charge is 0.151 e. The van der Waals surface area contributed by atoms with Crippen LogP contribution in [0, 0.1) is 0 Å². The van der Waals surface area contributed by atoms with E-state index in [9.17, 15) is 4.79 Å². The van der Waals surface area contributed by atoms with Crippen LogP contribution >= 0.6 is 0 Å². The lowest BCUT2D eigenvalue weighted by atomic mass is 10.2. The zero-order chi connectivity index (χ0) is 7.40. The normalized spacial score (nSPS) is 8.80. The molecule has 0 amide bonds. The molecule has 1 aromatic rings. The van der Waals surface area contributed by atoms with Crippen LogP contribution in [-0.4, -0.2) is 11.3 Å². The fourth-order valence-corrected chi connectivity index (χ4v) is 0.613. The first-order chi connectivity index (χ1) is 4.84. The number of carbonyl (C=O) groups is 1. The number of hydrogen-bond acceptors (Lipinski definition) is 2.